The minimum absolute atomic E-state index is 0.246. The number of Topliss-reactive ketones (excluding diaryl/α,β-unsaturated/α-hetero) is 1. The van der Waals surface area contributed by atoms with E-state index in [0.717, 1.165) is 55.7 Å². The highest BCUT2D eigenvalue weighted by Crippen LogP contribution is 2.31. The summed E-state index contributed by atoms with van der Waals surface area (Å²) < 4.78 is 0. The van der Waals surface area contributed by atoms with Crippen molar-refractivity contribution in [3.05, 3.63) is 35.9 Å². The molecule has 1 aliphatic rings. The fourth-order valence-electron chi connectivity index (χ4n) is 3.00. The molecule has 0 unspecified atom stereocenters. The highest BCUT2D eigenvalue weighted by molar-refractivity contribution is 6.02. The summed E-state index contributed by atoms with van der Waals surface area (Å²) >= 11 is 0. The molecule has 0 bridgehead atoms. The van der Waals surface area contributed by atoms with Gasteiger partial charge in [-0.3, -0.25) is 4.79 Å². The van der Waals surface area contributed by atoms with Crippen LogP contribution in [0.15, 0.2) is 24.8 Å². The molecule has 1 aromatic rings. The number of piperazine rings is 1. The lowest BCUT2D eigenvalue weighted by molar-refractivity contribution is 0.0979. The van der Waals surface area contributed by atoms with Crippen LogP contribution in [0, 0.1) is 0 Å². The van der Waals surface area contributed by atoms with Crippen molar-refractivity contribution >= 4 is 17.0 Å². The van der Waals surface area contributed by atoms with Gasteiger partial charge in [-0.2, -0.15) is 0 Å². The number of likely N-dealkylation sites (N-methyl/N-ethyl adjacent to an activating group) is 1. The molecule has 1 fully saturated rings. The van der Waals surface area contributed by atoms with Gasteiger partial charge in [0.1, 0.15) is 0 Å². The standard InChI is InChI=1S/C19H28N2O/c1-5-6-10-18(22)16-8-7-9-17(19(16)15(2)3)21-13-11-20(4)12-14-21/h7-9H,2,5-6,10-14H2,1,3-4H3. The third-order valence-corrected chi connectivity index (χ3v) is 4.37. The molecule has 22 heavy (non-hydrogen) atoms. The predicted octanol–water partition coefficient (Wildman–Crippen LogP) is 3.84. The van der Waals surface area contributed by atoms with E-state index < -0.39 is 0 Å². The molecule has 0 saturated carbocycles. The molecule has 0 radical (unpaired) electrons. The summed E-state index contributed by atoms with van der Waals surface area (Å²) in [4.78, 5) is 17.3. The lowest BCUT2D eigenvalue weighted by Crippen LogP contribution is -2.44. The van der Waals surface area contributed by atoms with Crippen molar-refractivity contribution in [2.24, 2.45) is 0 Å². The molecular weight excluding hydrogens is 272 g/mol. The Balaban J connectivity index is 2.34. The van der Waals surface area contributed by atoms with E-state index in [4.69, 9.17) is 0 Å². The van der Waals surface area contributed by atoms with Crippen LogP contribution >= 0.6 is 0 Å². The van der Waals surface area contributed by atoms with E-state index in [1.165, 1.54) is 5.69 Å². The predicted molar refractivity (Wildman–Crippen MR) is 94.7 cm³/mol. The van der Waals surface area contributed by atoms with Gasteiger partial charge in [-0.15, -0.1) is 0 Å². The van der Waals surface area contributed by atoms with Crippen molar-refractivity contribution in [3.63, 3.8) is 0 Å². The minimum Gasteiger partial charge on any atom is -0.368 e. The second kappa shape index (κ2) is 7.59. The molecule has 0 N–H and O–H groups in total. The van der Waals surface area contributed by atoms with Gasteiger partial charge in [0, 0.05) is 49.4 Å². The van der Waals surface area contributed by atoms with Crippen molar-refractivity contribution in [3.8, 4) is 0 Å². The van der Waals surface area contributed by atoms with Crippen LogP contribution in [-0.4, -0.2) is 43.9 Å². The zero-order valence-corrected chi connectivity index (χ0v) is 14.2. The molecule has 3 heteroatoms. The first-order valence-electron chi connectivity index (χ1n) is 8.30. The monoisotopic (exact) mass is 300 g/mol. The minimum atomic E-state index is 0.246. The van der Waals surface area contributed by atoms with Crippen LogP contribution in [-0.2, 0) is 0 Å². The molecule has 0 spiro atoms. The fourth-order valence-corrected chi connectivity index (χ4v) is 3.00. The third-order valence-electron chi connectivity index (χ3n) is 4.37. The zero-order chi connectivity index (χ0) is 16.1. The Morgan fingerprint density at radius 1 is 1.23 bits per heavy atom. The van der Waals surface area contributed by atoms with Crippen LogP contribution in [0.5, 0.6) is 0 Å². The van der Waals surface area contributed by atoms with Crippen molar-refractivity contribution in [1.29, 1.82) is 0 Å². The van der Waals surface area contributed by atoms with Gasteiger partial charge in [-0.05, 0) is 32.0 Å². The Kier molecular flexibility index (Phi) is 5.78. The number of unbranched alkanes of at least 4 members (excludes halogenated alkanes) is 1. The van der Waals surface area contributed by atoms with Gasteiger partial charge in [0.15, 0.2) is 5.78 Å². The summed E-state index contributed by atoms with van der Waals surface area (Å²) in [6.45, 7) is 12.4. The summed E-state index contributed by atoms with van der Waals surface area (Å²) in [7, 11) is 2.15. The number of hydrogen-bond donors (Lipinski definition) is 0. The maximum Gasteiger partial charge on any atom is 0.163 e. The van der Waals surface area contributed by atoms with E-state index in [0.29, 0.717) is 6.42 Å². The largest absolute Gasteiger partial charge is 0.368 e. The Labute approximate surface area is 134 Å². The first-order chi connectivity index (χ1) is 10.5. The van der Waals surface area contributed by atoms with E-state index in [1.807, 2.05) is 19.1 Å². The molecular formula is C19H28N2O. The van der Waals surface area contributed by atoms with Gasteiger partial charge < -0.3 is 9.80 Å². The quantitative estimate of drug-likeness (QED) is 0.746. The number of hydrogen-bond acceptors (Lipinski definition) is 3. The summed E-state index contributed by atoms with van der Waals surface area (Å²) in [6, 6.07) is 6.10. The van der Waals surface area contributed by atoms with Crippen LogP contribution in [0.25, 0.3) is 5.57 Å². The number of allylic oxidation sites excluding steroid dienone is 1. The normalized spacial score (nSPS) is 15.9. The number of nitrogens with zero attached hydrogens (tertiary/aromatic N) is 2. The fraction of sp³-hybridized carbons (Fsp3) is 0.526. The molecule has 0 aromatic heterocycles. The number of carbonyl (C=O) groups is 1. The van der Waals surface area contributed by atoms with Crippen molar-refractivity contribution in [2.45, 2.75) is 33.1 Å². The van der Waals surface area contributed by atoms with Gasteiger partial charge in [-0.1, -0.05) is 32.1 Å². The SMILES string of the molecule is C=C(C)c1c(C(=O)CCCC)cccc1N1CCN(C)CC1. The van der Waals surface area contributed by atoms with E-state index >= 15 is 0 Å². The second-order valence-corrected chi connectivity index (χ2v) is 6.30. The first-order valence-corrected chi connectivity index (χ1v) is 8.30. The maximum atomic E-state index is 12.5. The van der Waals surface area contributed by atoms with Gasteiger partial charge in [0.05, 0.1) is 0 Å². The maximum absolute atomic E-state index is 12.5. The lowest BCUT2D eigenvalue weighted by atomic mass is 9.94. The zero-order valence-electron chi connectivity index (χ0n) is 14.2. The molecule has 0 atom stereocenters. The molecule has 1 aliphatic heterocycles. The Bertz CT molecular complexity index is 542. The van der Waals surface area contributed by atoms with Crippen LogP contribution < -0.4 is 4.90 Å². The smallest absolute Gasteiger partial charge is 0.163 e. The second-order valence-electron chi connectivity index (χ2n) is 6.30. The van der Waals surface area contributed by atoms with Crippen molar-refractivity contribution in [1.82, 2.24) is 4.90 Å². The van der Waals surface area contributed by atoms with Crippen LogP contribution in [0.1, 0.15) is 49.0 Å². The summed E-state index contributed by atoms with van der Waals surface area (Å²) in [5.41, 5.74) is 4.04. The summed E-state index contributed by atoms with van der Waals surface area (Å²) in [5.74, 6) is 0.246. The Morgan fingerprint density at radius 3 is 2.50 bits per heavy atom. The number of rotatable bonds is 6. The average molecular weight is 300 g/mol. The summed E-state index contributed by atoms with van der Waals surface area (Å²) in [6.07, 6.45) is 2.63. The first kappa shape index (κ1) is 16.8. The van der Waals surface area contributed by atoms with Gasteiger partial charge in [-0.25, -0.2) is 0 Å². The average Bonchev–Trinajstić information content (AvgIpc) is 2.52. The highest BCUT2D eigenvalue weighted by Gasteiger charge is 2.21. The van der Waals surface area contributed by atoms with Gasteiger partial charge >= 0.3 is 0 Å². The van der Waals surface area contributed by atoms with E-state index in [1.54, 1.807) is 0 Å². The molecule has 1 heterocycles. The number of ketones is 1. The molecule has 120 valence electrons. The van der Waals surface area contributed by atoms with Crippen molar-refractivity contribution in [2.75, 3.05) is 38.1 Å². The molecule has 3 nitrogen and oxygen atoms in total. The number of benzene rings is 1. The van der Waals surface area contributed by atoms with Crippen LogP contribution in [0.3, 0.4) is 0 Å². The van der Waals surface area contributed by atoms with Crippen LogP contribution in [0.4, 0.5) is 5.69 Å². The van der Waals surface area contributed by atoms with Crippen molar-refractivity contribution < 1.29 is 4.79 Å². The topological polar surface area (TPSA) is 23.6 Å². The van der Waals surface area contributed by atoms with Gasteiger partial charge in [0.2, 0.25) is 0 Å². The molecule has 0 aliphatic carbocycles. The number of anilines is 1. The van der Waals surface area contributed by atoms with E-state index in [9.17, 15) is 4.79 Å². The van der Waals surface area contributed by atoms with Gasteiger partial charge in [0.25, 0.3) is 0 Å². The summed E-state index contributed by atoms with van der Waals surface area (Å²) in [5, 5.41) is 0. The number of carbonyl (C=O) groups excluding carboxylic acids is 1. The van der Waals surface area contributed by atoms with Crippen LogP contribution in [0.2, 0.25) is 0 Å². The Hall–Kier alpha value is -1.61. The van der Waals surface area contributed by atoms with E-state index in [-0.39, 0.29) is 5.78 Å². The van der Waals surface area contributed by atoms with E-state index in [2.05, 4.69) is 36.4 Å². The molecule has 1 aromatic carbocycles. The highest BCUT2D eigenvalue weighted by atomic mass is 16.1. The molecule has 0 amide bonds. The molecule has 1 saturated heterocycles. The Morgan fingerprint density at radius 2 is 1.91 bits per heavy atom. The lowest BCUT2D eigenvalue weighted by Gasteiger charge is -2.35. The third kappa shape index (κ3) is 3.77. The molecule has 2 rings (SSSR count).